The monoisotopic (exact) mass is 647 g/mol. The molecule has 3 aromatic rings. The van der Waals surface area contributed by atoms with Gasteiger partial charge in [0.05, 0.1) is 0 Å². The summed E-state index contributed by atoms with van der Waals surface area (Å²) >= 11 is 0. The molecular weight excluding hydrogens is 588 g/mol. The first kappa shape index (κ1) is 42.1. The molecular formula is C38H59N6Ti-. The summed E-state index contributed by atoms with van der Waals surface area (Å²) in [5.41, 5.74) is 8.02. The van der Waals surface area contributed by atoms with Crippen molar-refractivity contribution >= 4 is 17.1 Å². The number of anilines is 3. The summed E-state index contributed by atoms with van der Waals surface area (Å²) in [5.74, 6) is 0. The molecule has 6 nitrogen and oxygen atoms in total. The summed E-state index contributed by atoms with van der Waals surface area (Å²) in [5, 5.41) is 0. The second-order valence-electron chi connectivity index (χ2n) is 12.3. The Morgan fingerprint density at radius 2 is 0.756 bits per heavy atom. The van der Waals surface area contributed by atoms with Crippen molar-refractivity contribution in [2.75, 3.05) is 99.3 Å². The van der Waals surface area contributed by atoms with E-state index in [0.29, 0.717) is 0 Å². The zero-order valence-corrected chi connectivity index (χ0v) is 31.7. The third-order valence-corrected chi connectivity index (χ3v) is 6.47. The number of rotatable bonds is 9. The van der Waals surface area contributed by atoms with Crippen molar-refractivity contribution in [2.45, 2.75) is 26.1 Å². The van der Waals surface area contributed by atoms with E-state index < -0.39 is 0 Å². The van der Waals surface area contributed by atoms with Crippen molar-refractivity contribution in [1.82, 2.24) is 14.7 Å². The van der Waals surface area contributed by atoms with Gasteiger partial charge in [-0.25, -0.2) is 12.2 Å². The van der Waals surface area contributed by atoms with Crippen LogP contribution in [0.4, 0.5) is 17.1 Å². The summed E-state index contributed by atoms with van der Waals surface area (Å²) in [6, 6.07) is 25.5. The number of benzene rings is 3. The Labute approximate surface area is 291 Å². The van der Waals surface area contributed by atoms with Gasteiger partial charge in [0.15, 0.2) is 0 Å². The van der Waals surface area contributed by atoms with Crippen molar-refractivity contribution < 1.29 is 21.7 Å². The number of nitrogens with zero attached hydrogens (tertiary/aromatic N) is 6. The topological polar surface area (TPSA) is 19.4 Å². The fraction of sp³-hybridized carbons (Fsp3) is 0.421. The molecule has 0 spiro atoms. The van der Waals surface area contributed by atoms with Gasteiger partial charge in [-0.05, 0) is 77.2 Å². The Morgan fingerprint density at radius 3 is 0.933 bits per heavy atom. The van der Waals surface area contributed by atoms with E-state index in [1.165, 1.54) is 33.8 Å². The molecule has 3 aromatic carbocycles. The first-order valence-corrected chi connectivity index (χ1v) is 15.2. The maximum Gasteiger partial charge on any atom is 0.0406 e. The molecule has 0 heterocycles. The predicted molar refractivity (Wildman–Crippen MR) is 196 cm³/mol. The number of allylic oxidation sites excluding steroid dienone is 4. The zero-order chi connectivity index (χ0) is 33.1. The number of hydrogen-bond donors (Lipinski definition) is 0. The smallest absolute Gasteiger partial charge is 0.0406 e. The number of hydrogen-bond acceptors (Lipinski definition) is 6. The first-order chi connectivity index (χ1) is 20.8. The maximum atomic E-state index is 2.99. The van der Waals surface area contributed by atoms with Gasteiger partial charge in [-0.15, -0.1) is 6.42 Å². The average molecular weight is 648 g/mol. The standard InChI is InChI=1S/3C11H18N2.C5H5.Ti/c3*1-12(2)9-10-7-5-6-8-11(10)13(3)4;1-2-4-5-3-1;/h3*5-8H,9H2,1-4H3;1-3H,4H2;/q;;;-1;. The molecule has 0 aliphatic heterocycles. The largest absolute Gasteiger partial charge is 0.377 e. The molecule has 0 aromatic heterocycles. The van der Waals surface area contributed by atoms with Gasteiger partial charge < -0.3 is 29.4 Å². The summed E-state index contributed by atoms with van der Waals surface area (Å²) in [4.78, 5) is 13.0. The molecule has 0 saturated heterocycles. The van der Waals surface area contributed by atoms with E-state index >= 15 is 0 Å². The van der Waals surface area contributed by atoms with E-state index in [9.17, 15) is 0 Å². The molecule has 1 aliphatic carbocycles. The van der Waals surface area contributed by atoms with Gasteiger partial charge in [-0.3, -0.25) is 6.08 Å². The molecule has 0 unspecified atom stereocenters. The van der Waals surface area contributed by atoms with Crippen LogP contribution in [0.15, 0.2) is 91.0 Å². The molecule has 0 atom stereocenters. The van der Waals surface area contributed by atoms with Crippen LogP contribution in [-0.2, 0) is 41.4 Å². The van der Waals surface area contributed by atoms with E-state index in [1.807, 2.05) is 12.2 Å². The van der Waals surface area contributed by atoms with E-state index in [1.54, 1.807) is 0 Å². The van der Waals surface area contributed by atoms with Crippen molar-refractivity contribution in [3.63, 3.8) is 0 Å². The van der Waals surface area contributed by atoms with Crippen LogP contribution >= 0.6 is 0 Å². The summed E-state index contributed by atoms with van der Waals surface area (Å²) < 4.78 is 0. The Kier molecular flexibility index (Phi) is 22.0. The second-order valence-corrected chi connectivity index (χ2v) is 12.3. The molecule has 0 saturated carbocycles. The van der Waals surface area contributed by atoms with Crippen LogP contribution < -0.4 is 14.7 Å². The third-order valence-electron chi connectivity index (χ3n) is 6.47. The van der Waals surface area contributed by atoms with Crippen LogP contribution in [0.3, 0.4) is 0 Å². The zero-order valence-electron chi connectivity index (χ0n) is 30.2. The second kappa shape index (κ2) is 23.5. The molecule has 0 radical (unpaired) electrons. The molecule has 7 heteroatoms. The minimum Gasteiger partial charge on any atom is -0.377 e. The van der Waals surface area contributed by atoms with Gasteiger partial charge in [0, 0.05) is 101 Å². The molecule has 0 amide bonds. The Balaban J connectivity index is 0.000000591. The van der Waals surface area contributed by atoms with E-state index in [0.717, 1.165) is 26.1 Å². The Hall–Kier alpha value is -2.87. The Bertz CT molecular complexity index is 1100. The molecule has 45 heavy (non-hydrogen) atoms. The molecule has 0 bridgehead atoms. The molecule has 246 valence electrons. The number of para-hydroxylation sites is 3. The minimum absolute atomic E-state index is 0. The summed E-state index contributed by atoms with van der Waals surface area (Å²) in [6.45, 7) is 2.98. The van der Waals surface area contributed by atoms with Crippen LogP contribution in [0.5, 0.6) is 0 Å². The summed E-state index contributed by atoms with van der Waals surface area (Å²) in [7, 11) is 25.0. The van der Waals surface area contributed by atoms with Gasteiger partial charge in [-0.2, -0.15) is 6.08 Å². The minimum atomic E-state index is 0. The fourth-order valence-electron chi connectivity index (χ4n) is 4.60. The van der Waals surface area contributed by atoms with Gasteiger partial charge in [-0.1, -0.05) is 54.6 Å². The van der Waals surface area contributed by atoms with Crippen molar-refractivity contribution in [1.29, 1.82) is 0 Å². The van der Waals surface area contributed by atoms with Crippen molar-refractivity contribution in [2.24, 2.45) is 0 Å². The van der Waals surface area contributed by atoms with E-state index in [4.69, 9.17) is 0 Å². The average Bonchev–Trinajstić information content (AvgIpc) is 3.54. The van der Waals surface area contributed by atoms with Gasteiger partial charge in [0.2, 0.25) is 0 Å². The van der Waals surface area contributed by atoms with E-state index in [-0.39, 0.29) is 21.7 Å². The van der Waals surface area contributed by atoms with Gasteiger partial charge in [0.25, 0.3) is 0 Å². The third kappa shape index (κ3) is 18.0. The van der Waals surface area contributed by atoms with Gasteiger partial charge in [0.1, 0.15) is 0 Å². The molecule has 0 fully saturated rings. The van der Waals surface area contributed by atoms with Crippen LogP contribution in [0.25, 0.3) is 0 Å². The maximum absolute atomic E-state index is 2.99. The summed E-state index contributed by atoms with van der Waals surface area (Å²) in [6.07, 6.45) is 10.0. The SMILES string of the molecule is CN(C)Cc1ccccc1N(C)C.CN(C)Cc1ccccc1N(C)C.CN(C)Cc1ccccc1N(C)C.[C-]1=CC=CC1.[Ti]. The van der Waals surface area contributed by atoms with Crippen molar-refractivity contribution in [3.05, 3.63) is 114 Å². The van der Waals surface area contributed by atoms with Crippen LogP contribution in [0.2, 0.25) is 0 Å². The normalized spacial score (nSPS) is 11.1. The van der Waals surface area contributed by atoms with Gasteiger partial charge >= 0.3 is 0 Å². The van der Waals surface area contributed by atoms with Crippen LogP contribution in [0, 0.1) is 6.08 Å². The Morgan fingerprint density at radius 1 is 0.467 bits per heavy atom. The molecule has 0 N–H and O–H groups in total. The predicted octanol–water partition coefficient (Wildman–Crippen LogP) is 6.75. The first-order valence-electron chi connectivity index (χ1n) is 15.2. The van der Waals surface area contributed by atoms with E-state index in [2.05, 4.69) is 199 Å². The molecule has 4 rings (SSSR count). The van der Waals surface area contributed by atoms with Crippen molar-refractivity contribution in [3.8, 4) is 0 Å². The van der Waals surface area contributed by atoms with Crippen LogP contribution in [-0.4, -0.2) is 99.3 Å². The quantitative estimate of drug-likeness (QED) is 0.188. The molecule has 1 aliphatic rings. The van der Waals surface area contributed by atoms with Crippen LogP contribution in [0.1, 0.15) is 23.1 Å². The fourth-order valence-corrected chi connectivity index (χ4v) is 4.60.